The summed E-state index contributed by atoms with van der Waals surface area (Å²) in [6.07, 6.45) is 18.9. The second kappa shape index (κ2) is 39.2. The number of nitrogens with one attached hydrogen (secondary N) is 2. The summed E-state index contributed by atoms with van der Waals surface area (Å²) in [6, 6.07) is 11.0. The number of aromatic nitrogens is 9. The number of amides is 2. The van der Waals surface area contributed by atoms with Gasteiger partial charge in [-0.1, -0.05) is 52.6 Å². The predicted octanol–water partition coefficient (Wildman–Crippen LogP) is 11.8. The SMILES string of the molecule is C#CC#CC#CC#CC.CC#CC.CC#CC#CC#CC.CC(C)(C)OC(=O)Nc1cn(-c2cccnc2)nc1Cl.CN(C(=O)OC(C)(C)C)c1cn(-c2cccnc2)nc1Cl.CNc1cn(-c2cccnc2)nc1Cl.[2H]CF. The van der Waals surface area contributed by atoms with Crippen molar-refractivity contribution in [3.8, 4) is 112 Å². The lowest BCUT2D eigenvalue weighted by atomic mass is 10.2. The van der Waals surface area contributed by atoms with Gasteiger partial charge in [-0.3, -0.25) is 29.6 Å². The van der Waals surface area contributed by atoms with E-state index in [1.807, 2.05) is 44.3 Å². The number of pyridine rings is 3. The molecule has 0 bridgehead atoms. The molecule has 0 aliphatic carbocycles. The number of carbonyl (C=O) groups excluding carboxylic acids is 2. The summed E-state index contributed by atoms with van der Waals surface area (Å²) in [5.41, 5.74) is 2.88. The van der Waals surface area contributed by atoms with E-state index in [9.17, 15) is 14.0 Å². The Morgan fingerprint density at radius 3 is 1.33 bits per heavy atom. The van der Waals surface area contributed by atoms with E-state index in [-0.39, 0.29) is 10.3 Å². The molecule has 0 aromatic carbocycles. The van der Waals surface area contributed by atoms with Crippen LogP contribution in [-0.4, -0.2) is 88.9 Å². The number of rotatable bonds is 6. The third-order valence-electron chi connectivity index (χ3n) is 7.79. The quantitative estimate of drug-likeness (QED) is 0.152. The maximum atomic E-state index is 12.1. The van der Waals surface area contributed by atoms with Gasteiger partial charge in [0, 0.05) is 32.7 Å². The molecule has 78 heavy (non-hydrogen) atoms. The van der Waals surface area contributed by atoms with Gasteiger partial charge in [0.2, 0.25) is 0 Å². The lowest BCUT2D eigenvalue weighted by molar-refractivity contribution is 0.0587. The average Bonchev–Trinajstić information content (AvgIpc) is 4.14. The number of alkyl halides is 1. The van der Waals surface area contributed by atoms with Gasteiger partial charge in [-0.15, -0.1) is 18.3 Å². The van der Waals surface area contributed by atoms with Gasteiger partial charge in [0.05, 0.1) is 68.5 Å². The van der Waals surface area contributed by atoms with Crippen LogP contribution >= 0.6 is 34.8 Å². The maximum absolute atomic E-state index is 12.1. The van der Waals surface area contributed by atoms with Gasteiger partial charge < -0.3 is 14.8 Å². The molecule has 2 N–H and O–H groups in total. The molecule has 0 aliphatic heterocycles. The highest BCUT2D eigenvalue weighted by Crippen LogP contribution is 2.27. The van der Waals surface area contributed by atoms with Crippen molar-refractivity contribution in [1.29, 1.82) is 0 Å². The Balaban J connectivity index is 0.000000971. The van der Waals surface area contributed by atoms with Crippen LogP contribution in [0.25, 0.3) is 17.1 Å². The minimum atomic E-state index is -1.00. The fraction of sp³-hybridized carbons (Fsp3) is 0.276. The standard InChI is InChI=1S/C14H17ClN4O2.C13H15ClN4O2.C9H9ClN4.C9H4.C8H6.C4H6.CH3F/c1-14(2,3)21-13(20)18(4)11-9-19(17-12(11)15)10-6-5-7-16-8-10;1-13(2,3)20-12(19)16-10-8-18(17-11(10)14)9-5-4-6-15-7-9;1-11-8-6-14(13-9(8)10)7-3-2-4-12-5-7;1-3-5-7-9-8-6-4-2;1-3-5-7-8-6-4-2;1-3-4-2;1-2/h5-9H,1-4H3;4-8H,1-3H3,(H,16,19);2-6,11H,1H3;1H,2H3;1-2H3;1-2H3;1H3/i;;;;;;1D. The summed E-state index contributed by atoms with van der Waals surface area (Å²) < 4.78 is 30.7. The number of ether oxygens (including phenoxy) is 2. The van der Waals surface area contributed by atoms with Gasteiger partial charge in [0.1, 0.15) is 22.6 Å². The van der Waals surface area contributed by atoms with Gasteiger partial charge in [0.25, 0.3) is 0 Å². The van der Waals surface area contributed by atoms with Crippen molar-refractivity contribution in [3.63, 3.8) is 0 Å². The lowest BCUT2D eigenvalue weighted by Gasteiger charge is -2.23. The van der Waals surface area contributed by atoms with E-state index in [4.69, 9.17) is 52.1 Å². The van der Waals surface area contributed by atoms with Gasteiger partial charge in [-0.2, -0.15) is 15.3 Å². The van der Waals surface area contributed by atoms with Crippen LogP contribution in [0.1, 0.15) is 77.5 Å². The van der Waals surface area contributed by atoms with E-state index < -0.39 is 30.5 Å². The summed E-state index contributed by atoms with van der Waals surface area (Å²) in [4.78, 5) is 37.1. The Labute approximate surface area is 475 Å². The zero-order valence-corrected chi connectivity index (χ0v) is 47.8. The summed E-state index contributed by atoms with van der Waals surface area (Å²) in [5.74, 6) is 37.8. The van der Waals surface area contributed by atoms with E-state index in [0.29, 0.717) is 16.5 Å². The topological polar surface area (TPSA) is 172 Å². The van der Waals surface area contributed by atoms with Crippen molar-refractivity contribution < 1.29 is 24.8 Å². The maximum Gasteiger partial charge on any atom is 0.414 e. The smallest absolute Gasteiger partial charge is 0.414 e. The molecule has 0 spiro atoms. The molecule has 6 aromatic heterocycles. The molecule has 16 nitrogen and oxygen atoms in total. The molecule has 6 heterocycles. The number of hydrogen-bond acceptors (Lipinski definition) is 11. The first-order chi connectivity index (χ1) is 37.6. The molecule has 404 valence electrons. The van der Waals surface area contributed by atoms with Crippen LogP contribution < -0.4 is 15.5 Å². The Hall–Kier alpha value is -9.30. The molecule has 0 atom stereocenters. The van der Waals surface area contributed by atoms with Crippen LogP contribution in [0.5, 0.6) is 0 Å². The Bertz CT molecular complexity index is 3290. The van der Waals surface area contributed by atoms with Gasteiger partial charge in [-0.25, -0.2) is 23.6 Å². The van der Waals surface area contributed by atoms with Crippen molar-refractivity contribution >= 4 is 64.1 Å². The number of halogens is 4. The van der Waals surface area contributed by atoms with E-state index in [2.05, 4.69) is 130 Å². The number of nitrogens with zero attached hydrogens (tertiary/aromatic N) is 10. The van der Waals surface area contributed by atoms with Crippen molar-refractivity contribution in [3.05, 3.63) is 108 Å². The first-order valence-corrected chi connectivity index (χ1v) is 23.7. The zero-order chi connectivity index (χ0) is 59.7. The highest BCUT2D eigenvalue weighted by atomic mass is 35.5. The summed E-state index contributed by atoms with van der Waals surface area (Å²) in [7, 11) is 2.39. The normalized spacial score (nSPS) is 8.95. The molecule has 0 unspecified atom stereocenters. The zero-order valence-electron chi connectivity index (χ0n) is 46.6. The molecule has 0 saturated carbocycles. The molecule has 0 saturated heterocycles. The van der Waals surface area contributed by atoms with Crippen molar-refractivity contribution in [2.75, 3.05) is 36.8 Å². The second-order valence-corrected chi connectivity index (χ2v) is 16.9. The van der Waals surface area contributed by atoms with Crippen LogP contribution in [0.15, 0.2) is 92.2 Å². The summed E-state index contributed by atoms with van der Waals surface area (Å²) in [6.45, 7) is 19.6. The molecule has 0 aliphatic rings. The first kappa shape index (κ1) is 66.7. The monoisotopic (exact) mass is 1110 g/mol. The van der Waals surface area contributed by atoms with Crippen molar-refractivity contribution in [2.24, 2.45) is 0 Å². The van der Waals surface area contributed by atoms with Crippen LogP contribution in [0.3, 0.4) is 0 Å². The first-order valence-electron chi connectivity index (χ1n) is 23.3. The highest BCUT2D eigenvalue weighted by molar-refractivity contribution is 6.33. The third kappa shape index (κ3) is 29.6. The largest absolute Gasteiger partial charge is 0.444 e. The molecular formula is C58H60Cl3FN12O4. The van der Waals surface area contributed by atoms with Crippen LogP contribution in [-0.2, 0) is 9.47 Å². The predicted molar refractivity (Wildman–Crippen MR) is 312 cm³/mol. The molecular weight excluding hydrogens is 1050 g/mol. The fourth-order valence-electron chi connectivity index (χ4n) is 4.61. The molecule has 0 radical (unpaired) electrons. The molecule has 6 rings (SSSR count). The second-order valence-electron chi connectivity index (χ2n) is 15.9. The Kier molecular flexibility index (Phi) is 33.5. The Morgan fingerprint density at radius 1 is 0.615 bits per heavy atom. The Morgan fingerprint density at radius 2 is 0.987 bits per heavy atom. The molecule has 2 amide bonds. The molecule has 0 fully saturated rings. The van der Waals surface area contributed by atoms with E-state index in [0.717, 1.165) is 22.7 Å². The number of terminal acetylenes is 1. The minimum absolute atomic E-state index is 0.180. The van der Waals surface area contributed by atoms with Crippen LogP contribution in [0, 0.1) is 95.2 Å². The van der Waals surface area contributed by atoms with Gasteiger partial charge in [0.15, 0.2) is 15.5 Å². The van der Waals surface area contributed by atoms with E-state index >= 15 is 0 Å². The number of carbonyl (C=O) groups is 2. The van der Waals surface area contributed by atoms with E-state index in [1.165, 1.54) is 9.58 Å². The lowest BCUT2D eigenvalue weighted by Crippen LogP contribution is -2.34. The summed E-state index contributed by atoms with van der Waals surface area (Å²) in [5, 5.41) is 18.8. The van der Waals surface area contributed by atoms with Crippen LogP contribution in [0.4, 0.5) is 31.0 Å². The molecule has 20 heteroatoms. The minimum Gasteiger partial charge on any atom is -0.444 e. The third-order valence-corrected chi connectivity index (χ3v) is 8.62. The van der Waals surface area contributed by atoms with Gasteiger partial charge in [-0.05, 0) is 172 Å². The van der Waals surface area contributed by atoms with Crippen LogP contribution in [0.2, 0.25) is 15.5 Å². The fourth-order valence-corrected chi connectivity index (χ4v) is 5.27. The average molecular weight is 1120 g/mol. The van der Waals surface area contributed by atoms with Crippen molar-refractivity contribution in [2.45, 2.75) is 87.4 Å². The van der Waals surface area contributed by atoms with E-state index in [1.54, 1.807) is 147 Å². The van der Waals surface area contributed by atoms with Crippen molar-refractivity contribution in [1.82, 2.24) is 44.3 Å². The van der Waals surface area contributed by atoms with Gasteiger partial charge >= 0.3 is 12.2 Å². The number of hydrogen-bond donors (Lipinski definition) is 2. The molecule has 6 aromatic rings. The highest BCUT2D eigenvalue weighted by Gasteiger charge is 2.24. The summed E-state index contributed by atoms with van der Waals surface area (Å²) >= 11 is 18.0. The number of anilines is 3.